The highest BCUT2D eigenvalue weighted by molar-refractivity contribution is 7.89. The van der Waals surface area contributed by atoms with Gasteiger partial charge in [0, 0.05) is 25.3 Å². The molecule has 3 rings (SSSR count). The van der Waals surface area contributed by atoms with E-state index in [1.807, 2.05) is 0 Å². The van der Waals surface area contributed by atoms with Crippen molar-refractivity contribution in [1.82, 2.24) is 9.29 Å². The topological polar surface area (TPSA) is 132 Å². The fourth-order valence-corrected chi connectivity index (χ4v) is 4.93. The van der Waals surface area contributed by atoms with Crippen molar-refractivity contribution in [2.45, 2.75) is 37.8 Å². The van der Waals surface area contributed by atoms with Crippen LogP contribution in [-0.2, 0) is 20.9 Å². The van der Waals surface area contributed by atoms with Crippen LogP contribution in [0.25, 0.3) is 11.1 Å². The van der Waals surface area contributed by atoms with Crippen LogP contribution in [0.5, 0.6) is 5.75 Å². The number of hydrogen-bond donors (Lipinski definition) is 2. The van der Waals surface area contributed by atoms with Gasteiger partial charge in [-0.05, 0) is 44.0 Å². The fourth-order valence-electron chi connectivity index (χ4n) is 3.58. The second-order valence-corrected chi connectivity index (χ2v) is 10.8. The number of H-pyrrole nitrogens is 1. The fraction of sp³-hybridized carbons (Fsp3) is 0.455. The average molecular weight is 518 g/mol. The summed E-state index contributed by atoms with van der Waals surface area (Å²) in [5.74, 6) is -0.842. The molecule has 0 aliphatic carbocycles. The number of alkyl halides is 3. The number of ether oxygens (including phenoxy) is 2. The monoisotopic (exact) mass is 517 g/mol. The van der Waals surface area contributed by atoms with Gasteiger partial charge >= 0.3 is 6.18 Å². The normalized spacial score (nSPS) is 17.8. The Morgan fingerprint density at radius 2 is 1.94 bits per heavy atom. The maximum absolute atomic E-state index is 13.5. The summed E-state index contributed by atoms with van der Waals surface area (Å²) in [6.45, 7) is 4.08. The number of halogens is 3. The lowest BCUT2D eigenvalue weighted by Crippen LogP contribution is -2.42. The highest BCUT2D eigenvalue weighted by atomic mass is 32.2. The lowest BCUT2D eigenvalue weighted by Gasteiger charge is -2.25. The van der Waals surface area contributed by atoms with Crippen LogP contribution in [0.3, 0.4) is 0 Å². The van der Waals surface area contributed by atoms with Crippen molar-refractivity contribution >= 4 is 15.9 Å². The van der Waals surface area contributed by atoms with Crippen molar-refractivity contribution in [1.29, 1.82) is 0 Å². The number of benzene rings is 1. The summed E-state index contributed by atoms with van der Waals surface area (Å²) < 4.78 is 78.2. The highest BCUT2D eigenvalue weighted by Gasteiger charge is 2.36. The molecule has 1 aliphatic rings. The molecule has 0 radical (unpaired) electrons. The predicted molar refractivity (Wildman–Crippen MR) is 121 cm³/mol. The van der Waals surface area contributed by atoms with Gasteiger partial charge in [-0.2, -0.15) is 17.5 Å². The number of nitrogens with one attached hydrogen (secondary N) is 1. The van der Waals surface area contributed by atoms with Crippen LogP contribution < -0.4 is 16.0 Å². The molecule has 1 atom stereocenters. The van der Waals surface area contributed by atoms with Crippen molar-refractivity contribution in [3.05, 3.63) is 51.9 Å². The number of sulfonamides is 1. The van der Waals surface area contributed by atoms with E-state index >= 15 is 0 Å². The van der Waals surface area contributed by atoms with E-state index in [9.17, 15) is 31.2 Å². The molecular weight excluding hydrogens is 491 g/mol. The first-order valence-corrected chi connectivity index (χ1v) is 12.3. The Labute approximate surface area is 200 Å². The minimum absolute atomic E-state index is 0.0295. The second-order valence-electron chi connectivity index (χ2n) is 8.30. The number of nitrogens with zero attached hydrogens (tertiary/aromatic N) is 1. The number of nitrogens with two attached hydrogens (primary N) is 1. The first-order valence-electron chi connectivity index (χ1n) is 10.8. The van der Waals surface area contributed by atoms with Gasteiger partial charge in [0.05, 0.1) is 5.25 Å². The minimum Gasteiger partial charge on any atom is -0.491 e. The van der Waals surface area contributed by atoms with E-state index in [1.54, 1.807) is 18.8 Å². The largest absolute Gasteiger partial charge is 0.491 e. The van der Waals surface area contributed by atoms with Crippen molar-refractivity contribution < 1.29 is 35.9 Å². The molecule has 35 heavy (non-hydrogen) atoms. The second kappa shape index (κ2) is 10.4. The molecule has 192 valence electrons. The van der Waals surface area contributed by atoms with Gasteiger partial charge in [0.25, 0.3) is 11.5 Å². The Bertz CT molecular complexity index is 1230. The predicted octanol–water partition coefficient (Wildman–Crippen LogP) is 2.37. The van der Waals surface area contributed by atoms with E-state index in [0.29, 0.717) is 25.3 Å². The van der Waals surface area contributed by atoms with Crippen LogP contribution in [0.1, 0.15) is 36.3 Å². The van der Waals surface area contributed by atoms with Gasteiger partial charge in [-0.15, -0.1) is 0 Å². The summed E-state index contributed by atoms with van der Waals surface area (Å²) in [7, 11) is -3.46. The van der Waals surface area contributed by atoms with Crippen LogP contribution in [0.2, 0.25) is 0 Å². The summed E-state index contributed by atoms with van der Waals surface area (Å²) >= 11 is 0. The van der Waals surface area contributed by atoms with E-state index in [4.69, 9.17) is 15.2 Å². The lowest BCUT2D eigenvalue weighted by molar-refractivity contribution is -0.140. The van der Waals surface area contributed by atoms with E-state index in [-0.39, 0.29) is 18.7 Å². The highest BCUT2D eigenvalue weighted by Crippen LogP contribution is 2.35. The summed E-state index contributed by atoms with van der Waals surface area (Å²) in [4.78, 5) is 25.0. The number of aromatic nitrogens is 1. The van der Waals surface area contributed by atoms with Crippen LogP contribution in [0, 0.1) is 0 Å². The number of pyridine rings is 1. The third-order valence-corrected chi connectivity index (χ3v) is 7.70. The van der Waals surface area contributed by atoms with Crippen LogP contribution in [-0.4, -0.2) is 61.3 Å². The number of amides is 1. The first-order chi connectivity index (χ1) is 16.3. The standard InChI is InChI=1S/C22H26F3N3O6S/c1-13(2)35(31,32)28-8-3-9-33-16(11-28)12-34-15-6-4-14(5-7-15)17-10-18(20(26)29)21(30)27-19(17)22(23,24)25/h4-7,10,13,16H,3,8-9,11-12H2,1-2H3,(H2,26,29)(H,27,30). The molecule has 1 amide bonds. The van der Waals surface area contributed by atoms with E-state index in [2.05, 4.69) is 0 Å². The zero-order valence-corrected chi connectivity index (χ0v) is 19.9. The summed E-state index contributed by atoms with van der Waals surface area (Å²) in [5, 5.41) is -0.570. The smallest absolute Gasteiger partial charge is 0.431 e. The maximum atomic E-state index is 13.5. The molecular formula is C22H26F3N3O6S. The van der Waals surface area contributed by atoms with Crippen molar-refractivity contribution in [3.8, 4) is 16.9 Å². The molecule has 2 heterocycles. The molecule has 13 heteroatoms. The molecule has 0 saturated carbocycles. The summed E-state index contributed by atoms with van der Waals surface area (Å²) in [6, 6.07) is 6.33. The number of aromatic amines is 1. The van der Waals surface area contributed by atoms with Crippen molar-refractivity contribution in [2.75, 3.05) is 26.3 Å². The molecule has 1 fully saturated rings. The molecule has 1 saturated heterocycles. The number of rotatable bonds is 7. The summed E-state index contributed by atoms with van der Waals surface area (Å²) in [6.07, 6.45) is -4.86. The first kappa shape index (κ1) is 26.7. The maximum Gasteiger partial charge on any atom is 0.431 e. The Morgan fingerprint density at radius 1 is 1.29 bits per heavy atom. The lowest BCUT2D eigenvalue weighted by atomic mass is 10.0. The van der Waals surface area contributed by atoms with Gasteiger partial charge < -0.3 is 20.2 Å². The number of carbonyl (C=O) groups is 1. The zero-order chi connectivity index (χ0) is 26.0. The van der Waals surface area contributed by atoms with Crippen LogP contribution in [0.4, 0.5) is 13.2 Å². The Morgan fingerprint density at radius 3 is 2.51 bits per heavy atom. The minimum atomic E-state index is -4.88. The van der Waals surface area contributed by atoms with Gasteiger partial charge in [0.15, 0.2) is 0 Å². The molecule has 9 nitrogen and oxygen atoms in total. The van der Waals surface area contributed by atoms with E-state index < -0.39 is 55.8 Å². The summed E-state index contributed by atoms with van der Waals surface area (Å²) in [5.41, 5.74) is 1.63. The van der Waals surface area contributed by atoms with Gasteiger partial charge in [-0.25, -0.2) is 8.42 Å². The van der Waals surface area contributed by atoms with Crippen molar-refractivity contribution in [2.24, 2.45) is 5.73 Å². The molecule has 1 unspecified atom stereocenters. The van der Waals surface area contributed by atoms with Gasteiger partial charge in [-0.3, -0.25) is 9.59 Å². The third-order valence-electron chi connectivity index (χ3n) is 5.46. The third kappa shape index (κ3) is 6.21. The molecule has 0 spiro atoms. The van der Waals surface area contributed by atoms with Crippen LogP contribution in [0.15, 0.2) is 35.1 Å². The number of hydrogen-bond acceptors (Lipinski definition) is 6. The van der Waals surface area contributed by atoms with E-state index in [0.717, 1.165) is 6.07 Å². The molecule has 2 aromatic rings. The number of primary amides is 1. The van der Waals surface area contributed by atoms with Gasteiger partial charge in [-0.1, -0.05) is 12.1 Å². The molecule has 1 aliphatic heterocycles. The van der Waals surface area contributed by atoms with Gasteiger partial charge in [0.1, 0.15) is 29.7 Å². The Balaban J connectivity index is 1.78. The quantitative estimate of drug-likeness (QED) is 0.580. The number of carbonyl (C=O) groups excluding carboxylic acids is 1. The van der Waals surface area contributed by atoms with Crippen molar-refractivity contribution in [3.63, 3.8) is 0 Å². The van der Waals surface area contributed by atoms with Gasteiger partial charge in [0.2, 0.25) is 10.0 Å². The molecule has 3 N–H and O–H groups in total. The molecule has 1 aromatic heterocycles. The Hall–Kier alpha value is -2.90. The van der Waals surface area contributed by atoms with E-state index in [1.165, 1.54) is 28.6 Å². The molecule has 1 aromatic carbocycles. The Kier molecular flexibility index (Phi) is 7.92. The SMILES string of the molecule is CC(C)S(=O)(=O)N1CCCOC(COc2ccc(-c3cc(C(N)=O)c(=O)[nH]c3C(F)(F)F)cc2)C1. The zero-order valence-electron chi connectivity index (χ0n) is 19.1. The molecule has 0 bridgehead atoms. The van der Waals surface area contributed by atoms with Crippen LogP contribution >= 0.6 is 0 Å². The average Bonchev–Trinajstić information content (AvgIpc) is 3.03.